The molecule has 0 aliphatic heterocycles. The van der Waals surface area contributed by atoms with E-state index in [0.29, 0.717) is 5.13 Å². The Morgan fingerprint density at radius 2 is 2.16 bits per heavy atom. The van der Waals surface area contributed by atoms with Gasteiger partial charge in [-0.3, -0.25) is 0 Å². The van der Waals surface area contributed by atoms with Gasteiger partial charge in [-0.1, -0.05) is 11.3 Å². The van der Waals surface area contributed by atoms with E-state index in [1.54, 1.807) is 13.8 Å². The molecule has 1 aromatic heterocycles. The Morgan fingerprint density at radius 3 is 2.68 bits per heavy atom. The normalized spacial score (nSPS) is 19.6. The topological polar surface area (TPSA) is 42.2 Å². The van der Waals surface area contributed by atoms with Gasteiger partial charge in [0, 0.05) is 17.0 Å². The van der Waals surface area contributed by atoms with Crippen molar-refractivity contribution >= 4 is 16.5 Å². The summed E-state index contributed by atoms with van der Waals surface area (Å²) in [5, 5.41) is 0.440. The number of hydrogen-bond acceptors (Lipinski definition) is 4. The predicted molar refractivity (Wildman–Crippen MR) is 70.5 cm³/mol. The van der Waals surface area contributed by atoms with Crippen LogP contribution in [-0.2, 0) is 6.42 Å². The van der Waals surface area contributed by atoms with Gasteiger partial charge in [0.1, 0.15) is 6.54 Å². The third-order valence-electron chi connectivity index (χ3n) is 3.20. The zero-order chi connectivity index (χ0) is 14.2. The van der Waals surface area contributed by atoms with E-state index in [2.05, 4.69) is 4.98 Å². The lowest BCUT2D eigenvalue weighted by Gasteiger charge is -2.27. The summed E-state index contributed by atoms with van der Waals surface area (Å²) in [5.41, 5.74) is 6.87. The fourth-order valence-corrected chi connectivity index (χ4v) is 3.51. The highest BCUT2D eigenvalue weighted by Gasteiger charge is 2.34. The Bertz CT molecular complexity index is 442. The van der Waals surface area contributed by atoms with Gasteiger partial charge >= 0.3 is 6.18 Å². The summed E-state index contributed by atoms with van der Waals surface area (Å²) in [4.78, 5) is 6.63. The lowest BCUT2D eigenvalue weighted by molar-refractivity contribution is -0.120. The van der Waals surface area contributed by atoms with Crippen molar-refractivity contribution < 1.29 is 13.2 Å². The quantitative estimate of drug-likeness (QED) is 0.930. The fraction of sp³-hybridized carbons (Fsp3) is 0.750. The fourth-order valence-electron chi connectivity index (χ4n) is 2.23. The van der Waals surface area contributed by atoms with Gasteiger partial charge in [-0.15, -0.1) is 0 Å². The number of nitrogens with two attached hydrogens (primary N) is 1. The smallest absolute Gasteiger partial charge is 0.337 e. The molecule has 7 heteroatoms. The van der Waals surface area contributed by atoms with Crippen LogP contribution in [0, 0.1) is 0 Å². The van der Waals surface area contributed by atoms with Crippen molar-refractivity contribution in [3.05, 3.63) is 10.6 Å². The number of hydrogen-bond donors (Lipinski definition) is 1. The highest BCUT2D eigenvalue weighted by Crippen LogP contribution is 2.37. The third-order valence-corrected chi connectivity index (χ3v) is 4.47. The summed E-state index contributed by atoms with van der Waals surface area (Å²) >= 11 is 1.31. The zero-order valence-electron chi connectivity index (χ0n) is 11.0. The van der Waals surface area contributed by atoms with Gasteiger partial charge < -0.3 is 10.6 Å². The summed E-state index contributed by atoms with van der Waals surface area (Å²) < 4.78 is 37.9. The van der Waals surface area contributed by atoms with Crippen molar-refractivity contribution in [3.63, 3.8) is 0 Å². The first-order chi connectivity index (χ1) is 8.78. The van der Waals surface area contributed by atoms with Gasteiger partial charge in [-0.25, -0.2) is 4.98 Å². The van der Waals surface area contributed by atoms with Crippen LogP contribution in [0.1, 0.15) is 43.3 Å². The lowest BCUT2D eigenvalue weighted by Crippen LogP contribution is -2.39. The van der Waals surface area contributed by atoms with Crippen molar-refractivity contribution in [2.24, 2.45) is 5.73 Å². The molecule has 0 fully saturated rings. The molecule has 1 unspecified atom stereocenters. The van der Waals surface area contributed by atoms with Crippen LogP contribution in [0.25, 0.3) is 0 Å². The number of anilines is 1. The molecular formula is C12H18F3N3S. The first-order valence-corrected chi connectivity index (χ1v) is 7.18. The Hall–Kier alpha value is -0.820. The van der Waals surface area contributed by atoms with Gasteiger partial charge in [-0.2, -0.15) is 13.2 Å². The average Bonchev–Trinajstić information content (AvgIpc) is 2.69. The van der Waals surface area contributed by atoms with Crippen molar-refractivity contribution in [3.8, 4) is 0 Å². The summed E-state index contributed by atoms with van der Waals surface area (Å²) in [6.45, 7) is 2.52. The lowest BCUT2D eigenvalue weighted by atomic mass is 9.99. The molecule has 0 amide bonds. The van der Waals surface area contributed by atoms with Crippen LogP contribution in [0.4, 0.5) is 18.3 Å². The molecule has 0 saturated heterocycles. The molecule has 108 valence electrons. The van der Waals surface area contributed by atoms with E-state index < -0.39 is 12.7 Å². The standard InChI is InChI=1S/C12H18F3N3S/c1-7(2)18(6-12(13,14)15)11-17-9-5-3-4-8(16)10(9)19-11/h7-8H,3-6,16H2,1-2H3. The van der Waals surface area contributed by atoms with Gasteiger partial charge in [0.15, 0.2) is 5.13 Å². The monoisotopic (exact) mass is 293 g/mol. The molecule has 1 atom stereocenters. The number of fused-ring (bicyclic) bond motifs is 1. The van der Waals surface area contributed by atoms with E-state index in [1.165, 1.54) is 16.2 Å². The Balaban J connectivity index is 2.28. The molecule has 0 aromatic carbocycles. The van der Waals surface area contributed by atoms with Crippen molar-refractivity contribution in [2.45, 2.75) is 51.4 Å². The minimum atomic E-state index is -4.22. The number of aryl methyl sites for hydroxylation is 1. The molecule has 1 aliphatic carbocycles. The molecule has 1 heterocycles. The van der Waals surface area contributed by atoms with Crippen molar-refractivity contribution in [2.75, 3.05) is 11.4 Å². The van der Waals surface area contributed by atoms with Crippen LogP contribution >= 0.6 is 11.3 Å². The number of alkyl halides is 3. The maximum Gasteiger partial charge on any atom is 0.406 e. The number of rotatable bonds is 3. The first kappa shape index (κ1) is 14.6. The number of nitrogens with zero attached hydrogens (tertiary/aromatic N) is 2. The maximum atomic E-state index is 12.6. The molecule has 0 spiro atoms. The average molecular weight is 293 g/mol. The number of thiazole rings is 1. The summed E-state index contributed by atoms with van der Waals surface area (Å²) in [6, 6.07) is -0.319. The SMILES string of the molecule is CC(C)N(CC(F)(F)F)c1nc2c(s1)C(N)CCC2. The van der Waals surface area contributed by atoms with Crippen LogP contribution in [0.5, 0.6) is 0 Å². The van der Waals surface area contributed by atoms with Crippen LogP contribution < -0.4 is 10.6 Å². The second kappa shape index (κ2) is 5.28. The van der Waals surface area contributed by atoms with E-state index >= 15 is 0 Å². The Morgan fingerprint density at radius 1 is 1.47 bits per heavy atom. The predicted octanol–water partition coefficient (Wildman–Crippen LogP) is 3.26. The number of halogens is 3. The van der Waals surface area contributed by atoms with Crippen LogP contribution in [0.3, 0.4) is 0 Å². The Labute approximate surface area is 114 Å². The second-order valence-electron chi connectivity index (χ2n) is 5.14. The number of aromatic nitrogens is 1. The van der Waals surface area contributed by atoms with Crippen LogP contribution in [0.15, 0.2) is 0 Å². The van der Waals surface area contributed by atoms with E-state index in [0.717, 1.165) is 29.8 Å². The molecule has 0 bridgehead atoms. The minimum absolute atomic E-state index is 0.0742. The van der Waals surface area contributed by atoms with Crippen LogP contribution in [0.2, 0.25) is 0 Å². The maximum absolute atomic E-state index is 12.6. The summed E-state index contributed by atoms with van der Waals surface area (Å²) in [7, 11) is 0. The second-order valence-corrected chi connectivity index (χ2v) is 6.15. The molecule has 0 saturated carbocycles. The molecule has 2 N–H and O–H groups in total. The molecule has 2 rings (SSSR count). The highest BCUT2D eigenvalue weighted by molar-refractivity contribution is 7.15. The third kappa shape index (κ3) is 3.39. The Kier molecular flexibility index (Phi) is 4.06. The molecule has 1 aliphatic rings. The van der Waals surface area contributed by atoms with Gasteiger partial charge in [0.05, 0.1) is 5.69 Å². The van der Waals surface area contributed by atoms with Crippen molar-refractivity contribution in [1.82, 2.24) is 4.98 Å². The highest BCUT2D eigenvalue weighted by atomic mass is 32.1. The van der Waals surface area contributed by atoms with Gasteiger partial charge in [-0.05, 0) is 33.1 Å². The molecule has 0 radical (unpaired) electrons. The van der Waals surface area contributed by atoms with Gasteiger partial charge in [0.2, 0.25) is 0 Å². The minimum Gasteiger partial charge on any atom is -0.337 e. The molecular weight excluding hydrogens is 275 g/mol. The first-order valence-electron chi connectivity index (χ1n) is 6.36. The molecule has 19 heavy (non-hydrogen) atoms. The van der Waals surface area contributed by atoms with E-state index in [-0.39, 0.29) is 12.1 Å². The van der Waals surface area contributed by atoms with Gasteiger partial charge in [0.25, 0.3) is 0 Å². The van der Waals surface area contributed by atoms with Crippen LogP contribution in [-0.4, -0.2) is 23.7 Å². The van der Waals surface area contributed by atoms with E-state index in [9.17, 15) is 13.2 Å². The summed E-state index contributed by atoms with van der Waals surface area (Å²) in [6.07, 6.45) is -1.57. The molecule has 3 nitrogen and oxygen atoms in total. The zero-order valence-corrected chi connectivity index (χ0v) is 11.8. The van der Waals surface area contributed by atoms with E-state index in [1.807, 2.05) is 0 Å². The summed E-state index contributed by atoms with van der Waals surface area (Å²) in [5.74, 6) is 0. The molecule has 1 aromatic rings. The van der Waals surface area contributed by atoms with Crippen molar-refractivity contribution in [1.29, 1.82) is 0 Å². The van der Waals surface area contributed by atoms with E-state index in [4.69, 9.17) is 5.73 Å². The largest absolute Gasteiger partial charge is 0.406 e.